The second-order valence-electron chi connectivity index (χ2n) is 3.62. The van der Waals surface area contributed by atoms with Crippen LogP contribution < -0.4 is 5.32 Å². The van der Waals surface area contributed by atoms with E-state index in [4.69, 9.17) is 10.6 Å². The van der Waals surface area contributed by atoms with Gasteiger partial charge in [-0.25, -0.2) is 0 Å². The van der Waals surface area contributed by atoms with Crippen LogP contribution in [0.2, 0.25) is 0 Å². The Balaban J connectivity index is 2.28. The molecule has 0 saturated heterocycles. The molecule has 16 heavy (non-hydrogen) atoms. The van der Waals surface area contributed by atoms with Crippen LogP contribution in [0.15, 0.2) is 23.3 Å². The van der Waals surface area contributed by atoms with Gasteiger partial charge in [-0.2, -0.15) is 0 Å². The fourth-order valence-electron chi connectivity index (χ4n) is 1.79. The van der Waals surface area contributed by atoms with Crippen molar-refractivity contribution in [2.45, 2.75) is 19.0 Å². The molecule has 1 aliphatic heterocycles. The maximum absolute atomic E-state index is 10.8. The van der Waals surface area contributed by atoms with Gasteiger partial charge in [-0.15, -0.1) is 0 Å². The Kier molecular flexibility index (Phi) is 2.76. The Bertz CT molecular complexity index is 480. The fourth-order valence-corrected chi connectivity index (χ4v) is 1.79. The molecule has 0 bridgehead atoms. The van der Waals surface area contributed by atoms with Crippen molar-refractivity contribution >= 4 is 11.7 Å². The van der Waals surface area contributed by atoms with Crippen LogP contribution in [0.3, 0.4) is 0 Å². The third kappa shape index (κ3) is 1.98. The Morgan fingerprint density at radius 1 is 1.56 bits per heavy atom. The highest BCUT2D eigenvalue weighted by Gasteiger charge is 2.23. The number of hydrogen-bond acceptors (Lipinski definition) is 3. The molecule has 82 valence electrons. The van der Waals surface area contributed by atoms with Crippen LogP contribution in [0.5, 0.6) is 0 Å². The number of azide groups is 1. The zero-order chi connectivity index (χ0) is 11.5. The molecule has 1 aliphatic rings. The van der Waals surface area contributed by atoms with Gasteiger partial charge in [0.25, 0.3) is 0 Å². The van der Waals surface area contributed by atoms with E-state index in [9.17, 15) is 4.79 Å². The second kappa shape index (κ2) is 4.22. The topological polar surface area (TPSA) is 98.1 Å². The average Bonchev–Trinajstić information content (AvgIpc) is 2.28. The third-order valence-corrected chi connectivity index (χ3v) is 2.61. The quantitative estimate of drug-likeness (QED) is 0.449. The first-order valence-corrected chi connectivity index (χ1v) is 4.84. The lowest BCUT2D eigenvalue weighted by atomic mass is 9.95. The molecule has 6 heteroatoms. The van der Waals surface area contributed by atoms with Crippen molar-refractivity contribution in [2.75, 3.05) is 0 Å². The van der Waals surface area contributed by atoms with Crippen LogP contribution in [0, 0.1) is 0 Å². The van der Waals surface area contributed by atoms with Crippen LogP contribution in [0.1, 0.15) is 11.1 Å². The predicted octanol–water partition coefficient (Wildman–Crippen LogP) is 1.73. The number of nitrogens with zero attached hydrogens (tertiary/aromatic N) is 3. The minimum absolute atomic E-state index is 0.460. The molecule has 0 aromatic heterocycles. The molecule has 1 atom stereocenters. The van der Waals surface area contributed by atoms with Gasteiger partial charge in [0.2, 0.25) is 0 Å². The summed E-state index contributed by atoms with van der Waals surface area (Å²) in [5.74, 6) is -0.843. The Morgan fingerprint density at radius 3 is 3.06 bits per heavy atom. The first kappa shape index (κ1) is 10.5. The zero-order valence-electron chi connectivity index (χ0n) is 8.42. The van der Waals surface area contributed by atoms with Crippen LogP contribution in [-0.2, 0) is 17.8 Å². The summed E-state index contributed by atoms with van der Waals surface area (Å²) in [6.45, 7) is 0.487. The van der Waals surface area contributed by atoms with E-state index in [2.05, 4.69) is 15.3 Å². The highest BCUT2D eigenvalue weighted by molar-refractivity contribution is 5.74. The predicted molar refractivity (Wildman–Crippen MR) is 57.2 cm³/mol. The minimum atomic E-state index is -0.843. The number of benzene rings is 1. The molecule has 0 unspecified atom stereocenters. The summed E-state index contributed by atoms with van der Waals surface area (Å²) >= 11 is 0. The van der Waals surface area contributed by atoms with Crippen molar-refractivity contribution in [3.8, 4) is 0 Å². The number of hydrogen-bond donors (Lipinski definition) is 2. The highest BCUT2D eigenvalue weighted by atomic mass is 16.4. The summed E-state index contributed by atoms with van der Waals surface area (Å²) in [5, 5.41) is 15.3. The standard InChI is InChI=1S/C10H10N4O2/c11-14-13-8-2-1-6-4-9(10(15)16)12-5-7(6)3-8/h1-3,9,12H,4-5H2,(H,15,16)/t9-/m0/s1. The zero-order valence-corrected chi connectivity index (χ0v) is 8.42. The molecule has 0 spiro atoms. The van der Waals surface area contributed by atoms with Gasteiger partial charge in [-0.1, -0.05) is 17.2 Å². The number of fused-ring (bicyclic) bond motifs is 1. The fraction of sp³-hybridized carbons (Fsp3) is 0.300. The molecule has 0 fully saturated rings. The van der Waals surface area contributed by atoms with E-state index in [0.29, 0.717) is 18.7 Å². The normalized spacial score (nSPS) is 18.4. The van der Waals surface area contributed by atoms with E-state index in [1.807, 2.05) is 6.07 Å². The number of rotatable bonds is 2. The first-order chi connectivity index (χ1) is 7.70. The van der Waals surface area contributed by atoms with Gasteiger partial charge in [0, 0.05) is 17.1 Å². The van der Waals surface area contributed by atoms with Gasteiger partial charge < -0.3 is 10.4 Å². The molecule has 6 nitrogen and oxygen atoms in total. The van der Waals surface area contributed by atoms with Gasteiger partial charge in [0.15, 0.2) is 0 Å². The summed E-state index contributed by atoms with van der Waals surface area (Å²) < 4.78 is 0. The molecule has 2 rings (SSSR count). The van der Waals surface area contributed by atoms with Gasteiger partial charge >= 0.3 is 5.97 Å². The minimum Gasteiger partial charge on any atom is -0.480 e. The maximum Gasteiger partial charge on any atom is 0.321 e. The van der Waals surface area contributed by atoms with Crippen molar-refractivity contribution in [1.82, 2.24) is 5.32 Å². The lowest BCUT2D eigenvalue weighted by Crippen LogP contribution is -2.41. The molecule has 1 heterocycles. The van der Waals surface area contributed by atoms with E-state index >= 15 is 0 Å². The van der Waals surface area contributed by atoms with Crippen LogP contribution >= 0.6 is 0 Å². The summed E-state index contributed by atoms with van der Waals surface area (Å²) in [7, 11) is 0. The number of carbonyl (C=O) groups is 1. The maximum atomic E-state index is 10.8. The Labute approximate surface area is 91.5 Å². The van der Waals surface area contributed by atoms with Crippen molar-refractivity contribution < 1.29 is 9.90 Å². The second-order valence-corrected chi connectivity index (χ2v) is 3.62. The lowest BCUT2D eigenvalue weighted by Gasteiger charge is -2.23. The van der Waals surface area contributed by atoms with E-state index < -0.39 is 12.0 Å². The number of carboxylic acid groups (broad SMARTS) is 1. The van der Waals surface area contributed by atoms with Gasteiger partial charge in [-0.05, 0) is 29.1 Å². The number of aliphatic carboxylic acids is 1. The molecule has 1 aromatic rings. The average molecular weight is 218 g/mol. The largest absolute Gasteiger partial charge is 0.480 e. The summed E-state index contributed by atoms with van der Waals surface area (Å²) in [4.78, 5) is 13.5. The van der Waals surface area contributed by atoms with E-state index in [1.54, 1.807) is 12.1 Å². The van der Waals surface area contributed by atoms with Crippen molar-refractivity contribution in [1.29, 1.82) is 0 Å². The molecule has 0 aliphatic carbocycles. The summed E-state index contributed by atoms with van der Waals surface area (Å²) in [6, 6.07) is 4.76. The molecule has 0 saturated carbocycles. The highest BCUT2D eigenvalue weighted by Crippen LogP contribution is 2.22. The van der Waals surface area contributed by atoms with Gasteiger partial charge in [0.05, 0.1) is 0 Å². The molecular formula is C10H10N4O2. The number of carboxylic acids is 1. The molecule has 1 aromatic carbocycles. The summed E-state index contributed by atoms with van der Waals surface area (Å²) in [5.41, 5.74) is 10.8. The molecule has 0 amide bonds. The van der Waals surface area contributed by atoms with E-state index in [0.717, 1.165) is 11.1 Å². The van der Waals surface area contributed by atoms with E-state index in [-0.39, 0.29) is 0 Å². The smallest absolute Gasteiger partial charge is 0.321 e. The van der Waals surface area contributed by atoms with Crippen molar-refractivity contribution in [2.24, 2.45) is 5.11 Å². The van der Waals surface area contributed by atoms with E-state index in [1.165, 1.54) is 0 Å². The molecule has 2 N–H and O–H groups in total. The van der Waals surface area contributed by atoms with Crippen LogP contribution in [-0.4, -0.2) is 17.1 Å². The monoisotopic (exact) mass is 218 g/mol. The summed E-state index contributed by atoms with van der Waals surface area (Å²) in [6.07, 6.45) is 0.460. The lowest BCUT2D eigenvalue weighted by molar-refractivity contribution is -0.139. The van der Waals surface area contributed by atoms with Gasteiger partial charge in [0.1, 0.15) is 6.04 Å². The SMILES string of the molecule is [N-]=[N+]=Nc1ccc2c(c1)CN[C@H](C(=O)O)C2. The Morgan fingerprint density at radius 2 is 2.38 bits per heavy atom. The van der Waals surface area contributed by atoms with Gasteiger partial charge in [-0.3, -0.25) is 4.79 Å². The van der Waals surface area contributed by atoms with Crippen molar-refractivity contribution in [3.05, 3.63) is 39.8 Å². The van der Waals surface area contributed by atoms with Crippen molar-refractivity contribution in [3.63, 3.8) is 0 Å². The Hall–Kier alpha value is -2.04. The number of nitrogens with one attached hydrogen (secondary N) is 1. The molecule has 0 radical (unpaired) electrons. The first-order valence-electron chi connectivity index (χ1n) is 4.84. The molecular weight excluding hydrogens is 208 g/mol. The van der Waals surface area contributed by atoms with Crippen LogP contribution in [0.25, 0.3) is 10.4 Å². The van der Waals surface area contributed by atoms with Crippen LogP contribution in [0.4, 0.5) is 5.69 Å². The third-order valence-electron chi connectivity index (χ3n) is 2.61.